The number of hydrogen-bond acceptors (Lipinski definition) is 4. The lowest BCUT2D eigenvalue weighted by Crippen LogP contribution is -2.55. The Kier molecular flexibility index (Phi) is 4.06. The Morgan fingerprint density at radius 1 is 1.30 bits per heavy atom. The molecule has 5 heteroatoms. The van der Waals surface area contributed by atoms with Crippen LogP contribution in [0.2, 0.25) is 0 Å². The molecule has 2 rings (SSSR count). The van der Waals surface area contributed by atoms with Crippen molar-refractivity contribution in [2.75, 3.05) is 7.11 Å². The van der Waals surface area contributed by atoms with Crippen LogP contribution in [0.15, 0.2) is 11.6 Å². The van der Waals surface area contributed by atoms with Crippen LogP contribution in [-0.2, 0) is 14.3 Å². The summed E-state index contributed by atoms with van der Waals surface area (Å²) in [6.07, 6.45) is 5.04. The van der Waals surface area contributed by atoms with Crippen LogP contribution in [0.4, 0.5) is 4.79 Å². The largest absolute Gasteiger partial charge is 0.466 e. The van der Waals surface area contributed by atoms with Gasteiger partial charge in [-0.05, 0) is 46.5 Å². The molecule has 0 radical (unpaired) electrons. The van der Waals surface area contributed by atoms with E-state index in [1.54, 1.807) is 4.90 Å². The fourth-order valence-electron chi connectivity index (χ4n) is 2.94. The second-order valence-electron chi connectivity index (χ2n) is 6.37. The molecule has 1 amide bonds. The number of fused-ring (bicyclic) bond motifs is 2. The van der Waals surface area contributed by atoms with Gasteiger partial charge >= 0.3 is 12.1 Å². The van der Waals surface area contributed by atoms with Gasteiger partial charge in [-0.2, -0.15) is 0 Å². The van der Waals surface area contributed by atoms with Crippen molar-refractivity contribution in [3.63, 3.8) is 0 Å². The highest BCUT2D eigenvalue weighted by Crippen LogP contribution is 2.35. The quantitative estimate of drug-likeness (QED) is 0.693. The minimum absolute atomic E-state index is 0.136. The Morgan fingerprint density at radius 3 is 2.60 bits per heavy atom. The summed E-state index contributed by atoms with van der Waals surface area (Å²) in [6.45, 7) is 5.55. The summed E-state index contributed by atoms with van der Waals surface area (Å²) in [7, 11) is 1.37. The number of ether oxygens (including phenoxy) is 2. The molecule has 1 fully saturated rings. The van der Waals surface area contributed by atoms with E-state index in [9.17, 15) is 9.59 Å². The average molecular weight is 281 g/mol. The summed E-state index contributed by atoms with van der Waals surface area (Å²) in [5, 5.41) is 0. The van der Waals surface area contributed by atoms with E-state index in [1.165, 1.54) is 7.11 Å². The zero-order valence-corrected chi connectivity index (χ0v) is 12.6. The fraction of sp³-hybridized carbons (Fsp3) is 0.733. The average Bonchev–Trinajstić information content (AvgIpc) is 2.35. The van der Waals surface area contributed by atoms with Crippen LogP contribution in [0.25, 0.3) is 0 Å². The molecular weight excluding hydrogens is 258 g/mol. The van der Waals surface area contributed by atoms with E-state index in [2.05, 4.69) is 0 Å². The number of piperidine rings is 1. The zero-order chi connectivity index (χ0) is 14.9. The van der Waals surface area contributed by atoms with Gasteiger partial charge in [0.15, 0.2) is 0 Å². The van der Waals surface area contributed by atoms with E-state index in [0.29, 0.717) is 12.0 Å². The first kappa shape index (κ1) is 14.9. The van der Waals surface area contributed by atoms with Crippen molar-refractivity contribution in [1.82, 2.24) is 4.90 Å². The Hall–Kier alpha value is -1.52. The van der Waals surface area contributed by atoms with Gasteiger partial charge in [-0.15, -0.1) is 0 Å². The SMILES string of the molecule is COC(=O)C1=CCC2CCCC1N2C(=O)OC(C)(C)C. The molecule has 20 heavy (non-hydrogen) atoms. The molecule has 2 aliphatic heterocycles. The van der Waals surface area contributed by atoms with Gasteiger partial charge in [-0.25, -0.2) is 9.59 Å². The topological polar surface area (TPSA) is 55.8 Å². The van der Waals surface area contributed by atoms with Crippen LogP contribution in [0.5, 0.6) is 0 Å². The van der Waals surface area contributed by atoms with Crippen molar-refractivity contribution in [2.45, 2.75) is 64.1 Å². The third-order valence-electron chi connectivity index (χ3n) is 3.74. The molecule has 2 unspecified atom stereocenters. The Bertz CT molecular complexity index is 436. The molecule has 0 aliphatic carbocycles. The van der Waals surface area contributed by atoms with Crippen molar-refractivity contribution < 1.29 is 19.1 Å². The number of nitrogens with zero attached hydrogens (tertiary/aromatic N) is 1. The van der Waals surface area contributed by atoms with Gasteiger partial charge in [-0.1, -0.05) is 6.08 Å². The maximum absolute atomic E-state index is 12.4. The van der Waals surface area contributed by atoms with Crippen LogP contribution in [0, 0.1) is 0 Å². The zero-order valence-electron chi connectivity index (χ0n) is 12.6. The number of carbonyl (C=O) groups excluding carboxylic acids is 2. The summed E-state index contributed by atoms with van der Waals surface area (Å²) in [5.41, 5.74) is 0.0622. The van der Waals surface area contributed by atoms with Crippen molar-refractivity contribution in [2.24, 2.45) is 0 Å². The summed E-state index contributed by atoms with van der Waals surface area (Å²) < 4.78 is 10.3. The molecule has 2 bridgehead atoms. The summed E-state index contributed by atoms with van der Waals surface area (Å²) in [4.78, 5) is 26.0. The maximum atomic E-state index is 12.4. The van der Waals surface area contributed by atoms with E-state index in [0.717, 1.165) is 19.3 Å². The highest BCUT2D eigenvalue weighted by Gasteiger charge is 2.42. The molecule has 112 valence electrons. The van der Waals surface area contributed by atoms with E-state index >= 15 is 0 Å². The summed E-state index contributed by atoms with van der Waals surface area (Å²) in [6, 6.07) is -0.0678. The number of methoxy groups -OCH3 is 1. The molecule has 0 aromatic heterocycles. The second-order valence-corrected chi connectivity index (χ2v) is 6.37. The minimum atomic E-state index is -0.530. The number of amides is 1. The highest BCUT2D eigenvalue weighted by atomic mass is 16.6. The van der Waals surface area contributed by atoms with E-state index < -0.39 is 5.60 Å². The van der Waals surface area contributed by atoms with Crippen molar-refractivity contribution in [1.29, 1.82) is 0 Å². The first-order chi connectivity index (χ1) is 9.33. The van der Waals surface area contributed by atoms with Crippen LogP contribution >= 0.6 is 0 Å². The lowest BCUT2D eigenvalue weighted by atomic mass is 9.84. The fourth-order valence-corrected chi connectivity index (χ4v) is 2.94. The third kappa shape index (κ3) is 2.97. The molecule has 0 N–H and O–H groups in total. The number of hydrogen-bond donors (Lipinski definition) is 0. The Morgan fingerprint density at radius 2 is 2.00 bits per heavy atom. The van der Waals surface area contributed by atoms with Crippen molar-refractivity contribution >= 4 is 12.1 Å². The first-order valence-electron chi connectivity index (χ1n) is 7.13. The predicted octanol–water partition coefficient (Wildman–Crippen LogP) is 2.65. The van der Waals surface area contributed by atoms with Gasteiger partial charge in [0.05, 0.1) is 18.7 Å². The standard InChI is InChI=1S/C15H23NO4/c1-15(2,3)20-14(18)16-10-6-5-7-12(16)11(9-8-10)13(17)19-4/h9-10,12H,5-8H2,1-4H3. The van der Waals surface area contributed by atoms with Gasteiger partial charge in [0, 0.05) is 6.04 Å². The molecule has 0 spiro atoms. The molecule has 2 heterocycles. The molecule has 5 nitrogen and oxygen atoms in total. The van der Waals surface area contributed by atoms with Gasteiger partial charge in [0.25, 0.3) is 0 Å². The number of esters is 1. The molecule has 2 aliphatic rings. The van der Waals surface area contributed by atoms with Gasteiger partial charge in [0.2, 0.25) is 0 Å². The first-order valence-corrected chi connectivity index (χ1v) is 7.13. The van der Waals surface area contributed by atoms with Crippen LogP contribution in [0.3, 0.4) is 0 Å². The van der Waals surface area contributed by atoms with Gasteiger partial charge in [0.1, 0.15) is 5.60 Å². The molecule has 0 aromatic carbocycles. The monoisotopic (exact) mass is 281 g/mol. The lowest BCUT2D eigenvalue weighted by Gasteiger charge is -2.45. The molecule has 2 atom stereocenters. The maximum Gasteiger partial charge on any atom is 0.411 e. The van der Waals surface area contributed by atoms with E-state index in [1.807, 2.05) is 26.8 Å². The summed E-state index contributed by atoms with van der Waals surface area (Å²) >= 11 is 0. The van der Waals surface area contributed by atoms with Crippen molar-refractivity contribution in [3.05, 3.63) is 11.6 Å². The smallest absolute Gasteiger partial charge is 0.411 e. The van der Waals surface area contributed by atoms with Crippen LogP contribution in [0.1, 0.15) is 46.5 Å². The van der Waals surface area contributed by atoms with Gasteiger partial charge in [-0.3, -0.25) is 4.90 Å². The number of carbonyl (C=O) groups is 2. The van der Waals surface area contributed by atoms with Crippen LogP contribution in [-0.4, -0.2) is 41.8 Å². The highest BCUT2D eigenvalue weighted by molar-refractivity contribution is 5.91. The summed E-state index contributed by atoms with van der Waals surface area (Å²) in [5.74, 6) is -0.344. The number of rotatable bonds is 1. The Balaban J connectivity index is 2.23. The normalized spacial score (nSPS) is 25.8. The lowest BCUT2D eigenvalue weighted by molar-refractivity contribution is -0.137. The Labute approximate surface area is 119 Å². The third-order valence-corrected chi connectivity index (χ3v) is 3.74. The van der Waals surface area contributed by atoms with Gasteiger partial charge < -0.3 is 9.47 Å². The van der Waals surface area contributed by atoms with E-state index in [4.69, 9.17) is 9.47 Å². The van der Waals surface area contributed by atoms with E-state index in [-0.39, 0.29) is 24.1 Å². The molecule has 1 saturated heterocycles. The predicted molar refractivity (Wildman–Crippen MR) is 74.2 cm³/mol. The molecule has 0 aromatic rings. The molecule has 0 saturated carbocycles. The van der Waals surface area contributed by atoms with Crippen molar-refractivity contribution in [3.8, 4) is 0 Å². The van der Waals surface area contributed by atoms with Crippen LogP contribution < -0.4 is 0 Å². The minimum Gasteiger partial charge on any atom is -0.466 e. The second kappa shape index (κ2) is 5.46. The molecular formula is C15H23NO4.